The second kappa shape index (κ2) is 10.8. The molecule has 1 aliphatic carbocycles. The van der Waals surface area contributed by atoms with Crippen molar-refractivity contribution in [1.82, 2.24) is 25.0 Å². The number of amides is 1. The van der Waals surface area contributed by atoms with Gasteiger partial charge < -0.3 is 26.2 Å². The fourth-order valence-corrected chi connectivity index (χ4v) is 4.72. The smallest absolute Gasteiger partial charge is 0.270 e. The van der Waals surface area contributed by atoms with Crippen molar-refractivity contribution in [2.45, 2.75) is 38.3 Å². The number of nitrogens with one attached hydrogen (secondary N) is 2. The maximum Gasteiger partial charge on any atom is 0.270 e. The van der Waals surface area contributed by atoms with E-state index in [1.807, 2.05) is 23.2 Å². The number of likely N-dealkylation sites (N-methyl/N-ethyl adjacent to an activating group) is 1. The molecule has 1 amide bonds. The van der Waals surface area contributed by atoms with Gasteiger partial charge in [0.2, 0.25) is 0 Å². The van der Waals surface area contributed by atoms with Crippen molar-refractivity contribution < 1.29 is 4.79 Å². The van der Waals surface area contributed by atoms with Crippen LogP contribution in [0.15, 0.2) is 59.3 Å². The number of hydrogen-bond acceptors (Lipinski definition) is 7. The molecule has 3 aliphatic rings. The lowest BCUT2D eigenvalue weighted by atomic mass is 10.2. The van der Waals surface area contributed by atoms with E-state index in [9.17, 15) is 4.79 Å². The van der Waals surface area contributed by atoms with Gasteiger partial charge in [0, 0.05) is 70.8 Å². The van der Waals surface area contributed by atoms with Crippen LogP contribution in [0.5, 0.6) is 0 Å². The third-order valence-corrected chi connectivity index (χ3v) is 6.49. The zero-order valence-corrected chi connectivity index (χ0v) is 20.3. The number of aromatic nitrogens is 1. The van der Waals surface area contributed by atoms with Gasteiger partial charge in [0.05, 0.1) is 0 Å². The number of carbonyl (C=O) groups excluding carboxylic acids is 1. The molecule has 0 radical (unpaired) electrons. The minimum atomic E-state index is -0.0586. The number of anilines is 1. The van der Waals surface area contributed by atoms with Gasteiger partial charge in [0.25, 0.3) is 5.91 Å². The summed E-state index contributed by atoms with van der Waals surface area (Å²) in [6.07, 6.45) is 9.55. The molecule has 4 rings (SSSR count). The van der Waals surface area contributed by atoms with Crippen molar-refractivity contribution >= 4 is 17.6 Å². The normalized spacial score (nSPS) is 21.8. The first kappa shape index (κ1) is 24.0. The predicted molar refractivity (Wildman–Crippen MR) is 136 cm³/mol. The minimum Gasteiger partial charge on any atom is -0.404 e. The molecule has 9 heteroatoms. The van der Waals surface area contributed by atoms with E-state index < -0.39 is 0 Å². The molecule has 182 valence electrons. The van der Waals surface area contributed by atoms with Gasteiger partial charge in [0.15, 0.2) is 0 Å². The van der Waals surface area contributed by atoms with Crippen molar-refractivity contribution in [3.05, 3.63) is 59.8 Å². The first-order valence-corrected chi connectivity index (χ1v) is 12.0. The number of pyridine rings is 1. The van der Waals surface area contributed by atoms with E-state index in [0.29, 0.717) is 23.2 Å². The summed E-state index contributed by atoms with van der Waals surface area (Å²) in [7, 11) is 3.52. The topological polar surface area (TPSA) is 102 Å². The third kappa shape index (κ3) is 5.48. The Hall–Kier alpha value is -3.17. The lowest BCUT2D eigenvalue weighted by Gasteiger charge is -2.30. The number of nitrogens with zero attached hydrogens (tertiary/aromatic N) is 5. The van der Waals surface area contributed by atoms with Gasteiger partial charge in [-0.1, -0.05) is 25.5 Å². The van der Waals surface area contributed by atoms with E-state index in [2.05, 4.69) is 33.2 Å². The maximum atomic E-state index is 12.9. The summed E-state index contributed by atoms with van der Waals surface area (Å²) in [5.74, 6) is 1.73. The Balaban J connectivity index is 1.48. The SMILES string of the molecule is C=C(/N=C1\C(=C/N)C=C(C(=O)N(C)C)N1C1CCCC1)Nc1ccc(CN2CCNCC2)cn1. The zero-order chi connectivity index (χ0) is 24.1. The van der Waals surface area contributed by atoms with Gasteiger partial charge in [-0.25, -0.2) is 9.98 Å². The number of rotatable bonds is 7. The minimum absolute atomic E-state index is 0.0586. The summed E-state index contributed by atoms with van der Waals surface area (Å²) >= 11 is 0. The standard InChI is InChI=1S/C25H36N8O/c1-18(29-23-9-8-19(16-28-23)17-32-12-10-27-11-13-32)30-24-20(15-26)14-22(25(34)31(2)3)33(24)21-6-4-5-7-21/h8-9,14-16,21,27H,1,4-7,10-13,17,26H2,2-3H3,(H,28,29)/b20-15-,30-24+. The Kier molecular flexibility index (Phi) is 7.64. The van der Waals surface area contributed by atoms with Gasteiger partial charge in [-0.3, -0.25) is 9.69 Å². The van der Waals surface area contributed by atoms with Crippen LogP contribution in [0.1, 0.15) is 31.2 Å². The summed E-state index contributed by atoms with van der Waals surface area (Å²) in [6, 6.07) is 4.26. The summed E-state index contributed by atoms with van der Waals surface area (Å²) < 4.78 is 0. The molecule has 0 spiro atoms. The average molecular weight is 465 g/mol. The van der Waals surface area contributed by atoms with Crippen molar-refractivity contribution in [3.63, 3.8) is 0 Å². The van der Waals surface area contributed by atoms with E-state index in [0.717, 1.165) is 64.0 Å². The number of aliphatic imine (C=N–C) groups is 1. The summed E-state index contributed by atoms with van der Waals surface area (Å²) in [5, 5.41) is 6.57. The zero-order valence-electron chi connectivity index (χ0n) is 20.3. The summed E-state index contributed by atoms with van der Waals surface area (Å²) in [6.45, 7) is 9.15. The molecule has 0 aromatic carbocycles. The number of nitrogens with two attached hydrogens (primary N) is 1. The molecule has 1 aromatic heterocycles. The molecule has 3 heterocycles. The second-order valence-corrected chi connectivity index (χ2v) is 9.24. The number of carbonyl (C=O) groups is 1. The van der Waals surface area contributed by atoms with Gasteiger partial charge in [0.1, 0.15) is 23.2 Å². The van der Waals surface area contributed by atoms with Crippen LogP contribution in [-0.2, 0) is 11.3 Å². The Labute approximate surface area is 202 Å². The predicted octanol–water partition coefficient (Wildman–Crippen LogP) is 1.84. The first-order valence-electron chi connectivity index (χ1n) is 12.0. The highest BCUT2D eigenvalue weighted by Crippen LogP contribution is 2.33. The quantitative estimate of drug-likeness (QED) is 0.566. The molecule has 34 heavy (non-hydrogen) atoms. The molecular weight excluding hydrogens is 428 g/mol. The number of hydrogen-bond donors (Lipinski definition) is 3. The largest absolute Gasteiger partial charge is 0.404 e. The van der Waals surface area contributed by atoms with Gasteiger partial charge in [-0.2, -0.15) is 0 Å². The lowest BCUT2D eigenvalue weighted by molar-refractivity contribution is -0.126. The molecule has 2 aliphatic heterocycles. The van der Waals surface area contributed by atoms with E-state index in [4.69, 9.17) is 10.7 Å². The Bertz CT molecular complexity index is 983. The van der Waals surface area contributed by atoms with Crippen LogP contribution >= 0.6 is 0 Å². The number of amidine groups is 1. The van der Waals surface area contributed by atoms with Crippen LogP contribution in [0.3, 0.4) is 0 Å². The van der Waals surface area contributed by atoms with Crippen LogP contribution in [0.4, 0.5) is 5.82 Å². The third-order valence-electron chi connectivity index (χ3n) is 6.49. The molecule has 0 atom stereocenters. The molecule has 4 N–H and O–H groups in total. The average Bonchev–Trinajstić information content (AvgIpc) is 3.48. The second-order valence-electron chi connectivity index (χ2n) is 9.24. The molecule has 2 fully saturated rings. The summed E-state index contributed by atoms with van der Waals surface area (Å²) in [4.78, 5) is 28.3. The van der Waals surface area contributed by atoms with Crippen molar-refractivity contribution in [2.75, 3.05) is 45.6 Å². The van der Waals surface area contributed by atoms with Crippen molar-refractivity contribution in [2.24, 2.45) is 10.7 Å². The fourth-order valence-electron chi connectivity index (χ4n) is 4.72. The Morgan fingerprint density at radius 1 is 1.32 bits per heavy atom. The maximum absolute atomic E-state index is 12.9. The highest BCUT2D eigenvalue weighted by molar-refractivity contribution is 6.12. The van der Waals surface area contributed by atoms with Gasteiger partial charge in [-0.05, 0) is 30.5 Å². The molecule has 0 unspecified atom stereocenters. The van der Waals surface area contributed by atoms with Crippen molar-refractivity contribution in [3.8, 4) is 0 Å². The van der Waals surface area contributed by atoms with Crippen LogP contribution in [0.25, 0.3) is 0 Å². The monoisotopic (exact) mass is 464 g/mol. The van der Waals surface area contributed by atoms with Gasteiger partial charge in [-0.15, -0.1) is 0 Å². The Morgan fingerprint density at radius 2 is 2.06 bits per heavy atom. The molecule has 9 nitrogen and oxygen atoms in total. The first-order chi connectivity index (χ1) is 16.5. The van der Waals surface area contributed by atoms with Gasteiger partial charge >= 0.3 is 0 Å². The van der Waals surface area contributed by atoms with E-state index in [1.165, 1.54) is 11.8 Å². The lowest BCUT2D eigenvalue weighted by Crippen LogP contribution is -2.42. The highest BCUT2D eigenvalue weighted by Gasteiger charge is 2.37. The fraction of sp³-hybridized carbons (Fsp3) is 0.480. The molecule has 0 bridgehead atoms. The van der Waals surface area contributed by atoms with Crippen LogP contribution in [0, 0.1) is 0 Å². The van der Waals surface area contributed by atoms with E-state index in [1.54, 1.807) is 19.0 Å². The highest BCUT2D eigenvalue weighted by atomic mass is 16.2. The van der Waals surface area contributed by atoms with Crippen molar-refractivity contribution in [1.29, 1.82) is 0 Å². The number of piperazine rings is 1. The van der Waals surface area contributed by atoms with Crippen LogP contribution < -0.4 is 16.4 Å². The Morgan fingerprint density at radius 3 is 2.68 bits per heavy atom. The molecular formula is C25H36N8O. The van der Waals surface area contributed by atoms with E-state index >= 15 is 0 Å². The summed E-state index contributed by atoms with van der Waals surface area (Å²) in [5.41, 5.74) is 8.44. The molecule has 1 saturated carbocycles. The molecule has 1 aromatic rings. The molecule has 1 saturated heterocycles. The van der Waals surface area contributed by atoms with E-state index in [-0.39, 0.29) is 11.9 Å². The van der Waals surface area contributed by atoms with Crippen LogP contribution in [0.2, 0.25) is 0 Å². The van der Waals surface area contributed by atoms with Crippen LogP contribution in [-0.4, -0.2) is 77.7 Å².